The fraction of sp³-hybridized carbons (Fsp3) is 0.385. The van der Waals surface area contributed by atoms with Gasteiger partial charge in [0.1, 0.15) is 0 Å². The molecule has 1 rings (SSSR count). The van der Waals surface area contributed by atoms with E-state index in [4.69, 9.17) is 5.11 Å². The minimum Gasteiger partial charge on any atom is -0.478 e. The normalized spacial score (nSPS) is 9.89. The zero-order valence-corrected chi connectivity index (χ0v) is 10.6. The highest BCUT2D eigenvalue weighted by Crippen LogP contribution is 2.04. The molecule has 5 nitrogen and oxygen atoms in total. The number of nitrogens with one attached hydrogen (secondary N) is 1. The number of benzene rings is 1. The number of rotatable bonds is 5. The second-order valence-electron chi connectivity index (χ2n) is 3.83. The van der Waals surface area contributed by atoms with Crippen LogP contribution in [0.5, 0.6) is 0 Å². The lowest BCUT2D eigenvalue weighted by Crippen LogP contribution is -2.39. The second-order valence-corrected chi connectivity index (χ2v) is 3.83. The van der Waals surface area contributed by atoms with E-state index in [0.717, 1.165) is 5.56 Å². The summed E-state index contributed by atoms with van der Waals surface area (Å²) in [5.41, 5.74) is 1.12. The molecule has 0 unspecified atom stereocenters. The van der Waals surface area contributed by atoms with Crippen LogP contribution in [0.15, 0.2) is 24.3 Å². The van der Waals surface area contributed by atoms with Crippen molar-refractivity contribution in [3.63, 3.8) is 0 Å². The highest BCUT2D eigenvalue weighted by Gasteiger charge is 2.08. The van der Waals surface area contributed by atoms with E-state index in [9.17, 15) is 9.59 Å². The topological polar surface area (TPSA) is 69.6 Å². The third-order valence-corrected chi connectivity index (χ3v) is 2.70. The number of carbonyl (C=O) groups is 2. The van der Waals surface area contributed by atoms with Crippen molar-refractivity contribution in [2.75, 3.05) is 13.1 Å². The first-order chi connectivity index (χ1) is 8.58. The summed E-state index contributed by atoms with van der Waals surface area (Å²) in [7, 11) is 0. The van der Waals surface area contributed by atoms with Crippen LogP contribution < -0.4 is 5.32 Å². The molecule has 0 bridgehead atoms. The Labute approximate surface area is 106 Å². The maximum Gasteiger partial charge on any atom is 0.335 e. The lowest BCUT2D eigenvalue weighted by atomic mass is 10.1. The highest BCUT2D eigenvalue weighted by atomic mass is 16.4. The first-order valence-electron chi connectivity index (χ1n) is 5.93. The van der Waals surface area contributed by atoms with Gasteiger partial charge in [0.15, 0.2) is 0 Å². The summed E-state index contributed by atoms with van der Waals surface area (Å²) in [5, 5.41) is 11.5. The molecule has 0 radical (unpaired) electrons. The number of aromatic carboxylic acids is 1. The van der Waals surface area contributed by atoms with Gasteiger partial charge in [-0.1, -0.05) is 12.1 Å². The van der Waals surface area contributed by atoms with E-state index in [1.807, 2.05) is 13.8 Å². The largest absolute Gasteiger partial charge is 0.478 e. The molecule has 0 aliphatic rings. The first-order valence-corrected chi connectivity index (χ1v) is 5.93. The van der Waals surface area contributed by atoms with E-state index in [1.165, 1.54) is 12.1 Å². The molecular weight excluding hydrogens is 232 g/mol. The monoisotopic (exact) mass is 250 g/mol. The van der Waals surface area contributed by atoms with Crippen LogP contribution in [0, 0.1) is 0 Å². The van der Waals surface area contributed by atoms with Gasteiger partial charge in [0.25, 0.3) is 0 Å². The molecule has 1 aromatic carbocycles. The average molecular weight is 250 g/mol. The SMILES string of the molecule is CCN(CC)C(=O)NCc1ccc(C(=O)O)cc1. The van der Waals surface area contributed by atoms with Crippen molar-refractivity contribution in [3.05, 3.63) is 35.4 Å². The number of amides is 2. The van der Waals surface area contributed by atoms with Crippen LogP contribution in [-0.4, -0.2) is 35.1 Å². The number of carbonyl (C=O) groups excluding carboxylic acids is 1. The molecule has 0 spiro atoms. The number of carboxylic acids is 1. The van der Waals surface area contributed by atoms with E-state index in [1.54, 1.807) is 17.0 Å². The van der Waals surface area contributed by atoms with Crippen molar-refractivity contribution >= 4 is 12.0 Å². The van der Waals surface area contributed by atoms with Crippen molar-refractivity contribution in [3.8, 4) is 0 Å². The van der Waals surface area contributed by atoms with Gasteiger partial charge >= 0.3 is 12.0 Å². The molecule has 0 heterocycles. The van der Waals surface area contributed by atoms with Crippen LogP contribution in [0.1, 0.15) is 29.8 Å². The van der Waals surface area contributed by atoms with Crippen LogP contribution in [0.2, 0.25) is 0 Å². The molecule has 0 atom stereocenters. The lowest BCUT2D eigenvalue weighted by molar-refractivity contribution is 0.0697. The van der Waals surface area contributed by atoms with Gasteiger partial charge in [0, 0.05) is 19.6 Å². The van der Waals surface area contributed by atoms with Gasteiger partial charge in [-0.2, -0.15) is 0 Å². The van der Waals surface area contributed by atoms with E-state index >= 15 is 0 Å². The van der Waals surface area contributed by atoms with Gasteiger partial charge < -0.3 is 15.3 Å². The number of nitrogens with zero attached hydrogens (tertiary/aromatic N) is 1. The predicted molar refractivity (Wildman–Crippen MR) is 68.6 cm³/mol. The average Bonchev–Trinajstić information content (AvgIpc) is 2.38. The van der Waals surface area contributed by atoms with Gasteiger partial charge in [-0.05, 0) is 31.5 Å². The molecule has 5 heteroatoms. The van der Waals surface area contributed by atoms with Crippen molar-refractivity contribution in [1.82, 2.24) is 10.2 Å². The van der Waals surface area contributed by atoms with E-state index < -0.39 is 5.97 Å². The molecule has 0 aromatic heterocycles. The van der Waals surface area contributed by atoms with Crippen LogP contribution in [0.25, 0.3) is 0 Å². The number of hydrogen-bond acceptors (Lipinski definition) is 2. The van der Waals surface area contributed by atoms with Crippen LogP contribution in [0.3, 0.4) is 0 Å². The van der Waals surface area contributed by atoms with Gasteiger partial charge in [-0.25, -0.2) is 9.59 Å². The van der Waals surface area contributed by atoms with Crippen molar-refractivity contribution in [2.24, 2.45) is 0 Å². The number of carboxylic acid groups (broad SMARTS) is 1. The van der Waals surface area contributed by atoms with E-state index in [2.05, 4.69) is 5.32 Å². The van der Waals surface area contributed by atoms with E-state index in [-0.39, 0.29) is 11.6 Å². The zero-order valence-electron chi connectivity index (χ0n) is 10.6. The molecule has 0 aliphatic heterocycles. The molecule has 18 heavy (non-hydrogen) atoms. The number of hydrogen-bond donors (Lipinski definition) is 2. The Morgan fingerprint density at radius 1 is 1.17 bits per heavy atom. The van der Waals surface area contributed by atoms with Gasteiger partial charge in [-0.15, -0.1) is 0 Å². The molecule has 0 aliphatic carbocycles. The quantitative estimate of drug-likeness (QED) is 0.839. The molecule has 1 aromatic rings. The fourth-order valence-corrected chi connectivity index (χ4v) is 1.57. The summed E-state index contributed by atoms with van der Waals surface area (Å²) in [6.45, 7) is 5.57. The van der Waals surface area contributed by atoms with Crippen molar-refractivity contribution in [2.45, 2.75) is 20.4 Å². The summed E-state index contributed by atoms with van der Waals surface area (Å²) in [4.78, 5) is 24.0. The fourth-order valence-electron chi connectivity index (χ4n) is 1.57. The van der Waals surface area contributed by atoms with Gasteiger partial charge in [-0.3, -0.25) is 0 Å². The van der Waals surface area contributed by atoms with Crippen LogP contribution in [0.4, 0.5) is 4.79 Å². The summed E-state index contributed by atoms with van der Waals surface area (Å²) >= 11 is 0. The Morgan fingerprint density at radius 3 is 2.17 bits per heavy atom. The van der Waals surface area contributed by atoms with Crippen LogP contribution in [-0.2, 0) is 6.54 Å². The third kappa shape index (κ3) is 3.76. The second kappa shape index (κ2) is 6.64. The third-order valence-electron chi connectivity index (χ3n) is 2.70. The lowest BCUT2D eigenvalue weighted by Gasteiger charge is -2.19. The number of urea groups is 1. The summed E-state index contributed by atoms with van der Waals surface area (Å²) in [5.74, 6) is -0.950. The molecule has 0 saturated carbocycles. The van der Waals surface area contributed by atoms with Gasteiger partial charge in [0.05, 0.1) is 5.56 Å². The molecule has 0 saturated heterocycles. The standard InChI is InChI=1S/C13H18N2O3/c1-3-15(4-2)13(18)14-9-10-5-7-11(8-6-10)12(16)17/h5-8H,3-4,9H2,1-2H3,(H,14,18)(H,16,17). The van der Waals surface area contributed by atoms with Crippen LogP contribution >= 0.6 is 0 Å². The molecule has 0 fully saturated rings. The zero-order chi connectivity index (χ0) is 13.5. The Hall–Kier alpha value is -2.04. The van der Waals surface area contributed by atoms with Crippen molar-refractivity contribution in [1.29, 1.82) is 0 Å². The molecule has 98 valence electrons. The predicted octanol–water partition coefficient (Wildman–Crippen LogP) is 1.94. The Kier molecular flexibility index (Phi) is 5.17. The van der Waals surface area contributed by atoms with E-state index in [0.29, 0.717) is 19.6 Å². The molecular formula is C13H18N2O3. The minimum atomic E-state index is -0.950. The Bertz CT molecular complexity index is 411. The first kappa shape index (κ1) is 14.0. The maximum absolute atomic E-state index is 11.7. The highest BCUT2D eigenvalue weighted by molar-refractivity contribution is 5.87. The van der Waals surface area contributed by atoms with Crippen molar-refractivity contribution < 1.29 is 14.7 Å². The minimum absolute atomic E-state index is 0.109. The summed E-state index contributed by atoms with van der Waals surface area (Å²) in [6.07, 6.45) is 0. The van der Waals surface area contributed by atoms with Gasteiger partial charge in [0.2, 0.25) is 0 Å². The smallest absolute Gasteiger partial charge is 0.335 e. The summed E-state index contributed by atoms with van der Waals surface area (Å²) in [6, 6.07) is 6.35. The molecule has 2 amide bonds. The Morgan fingerprint density at radius 2 is 1.72 bits per heavy atom. The summed E-state index contributed by atoms with van der Waals surface area (Å²) < 4.78 is 0. The molecule has 2 N–H and O–H groups in total. The Balaban J connectivity index is 2.53. The maximum atomic E-state index is 11.7.